The Hall–Kier alpha value is -1.19. The van der Waals surface area contributed by atoms with Gasteiger partial charge in [-0.1, -0.05) is 12.8 Å². The van der Waals surface area contributed by atoms with E-state index in [0.29, 0.717) is 11.7 Å². The van der Waals surface area contributed by atoms with Crippen molar-refractivity contribution in [2.75, 3.05) is 11.6 Å². The van der Waals surface area contributed by atoms with Crippen LogP contribution in [0.15, 0.2) is 0 Å². The van der Waals surface area contributed by atoms with Crippen LogP contribution in [0, 0.1) is 6.92 Å². The van der Waals surface area contributed by atoms with Gasteiger partial charge >= 0.3 is 0 Å². The van der Waals surface area contributed by atoms with Crippen molar-refractivity contribution in [1.29, 1.82) is 0 Å². The summed E-state index contributed by atoms with van der Waals surface area (Å²) < 4.78 is 1.55. The first-order valence-electron chi connectivity index (χ1n) is 4.80. The predicted molar refractivity (Wildman–Crippen MR) is 52.7 cm³/mol. The van der Waals surface area contributed by atoms with Crippen LogP contribution in [0.4, 0.5) is 5.82 Å². The summed E-state index contributed by atoms with van der Waals surface area (Å²) in [5.41, 5.74) is 6.60. The molecule has 0 unspecified atom stereocenters. The molecule has 4 N–H and O–H groups in total. The number of aromatic nitrogens is 2. The molecule has 4 nitrogen and oxygen atoms in total. The van der Waals surface area contributed by atoms with Crippen molar-refractivity contribution < 1.29 is 0 Å². The van der Waals surface area contributed by atoms with E-state index < -0.39 is 0 Å². The first-order valence-corrected chi connectivity index (χ1v) is 4.80. The van der Waals surface area contributed by atoms with Gasteiger partial charge in [0.05, 0.1) is 5.69 Å². The summed E-state index contributed by atoms with van der Waals surface area (Å²) in [6.07, 6.45) is 4.98. The van der Waals surface area contributed by atoms with Gasteiger partial charge in [-0.3, -0.25) is 0 Å². The number of nitrogens with two attached hydrogens (primary N) is 2. The molecule has 1 aliphatic carbocycles. The second-order valence-electron chi connectivity index (χ2n) is 3.79. The van der Waals surface area contributed by atoms with E-state index in [0.717, 1.165) is 11.5 Å². The van der Waals surface area contributed by atoms with Gasteiger partial charge in [0, 0.05) is 5.92 Å². The van der Waals surface area contributed by atoms with Crippen molar-refractivity contribution in [3.05, 3.63) is 11.5 Å². The van der Waals surface area contributed by atoms with Crippen LogP contribution in [0.25, 0.3) is 0 Å². The zero-order valence-electron chi connectivity index (χ0n) is 7.95. The zero-order chi connectivity index (χ0) is 9.42. The average molecular weight is 180 g/mol. The lowest BCUT2D eigenvalue weighted by Gasteiger charge is -2.08. The summed E-state index contributed by atoms with van der Waals surface area (Å²) in [7, 11) is 0. The van der Waals surface area contributed by atoms with Crippen molar-refractivity contribution in [3.8, 4) is 0 Å². The Balaban J connectivity index is 2.34. The molecular formula is C9H16N4. The summed E-state index contributed by atoms with van der Waals surface area (Å²) in [4.78, 5) is 4.40. The highest BCUT2D eigenvalue weighted by Crippen LogP contribution is 2.33. The molecule has 1 heterocycles. The maximum Gasteiger partial charge on any atom is 0.145 e. The highest BCUT2D eigenvalue weighted by molar-refractivity contribution is 5.38. The number of hydrogen-bond donors (Lipinski definition) is 2. The molecule has 0 aliphatic heterocycles. The summed E-state index contributed by atoms with van der Waals surface area (Å²) in [5.74, 6) is 7.91. The number of aryl methyl sites for hydroxylation is 1. The first kappa shape index (κ1) is 8.41. The second kappa shape index (κ2) is 2.94. The molecule has 0 amide bonds. The molecule has 0 radical (unpaired) electrons. The first-order chi connectivity index (χ1) is 6.20. The minimum atomic E-state index is 0.529. The zero-order valence-corrected chi connectivity index (χ0v) is 7.95. The third-order valence-corrected chi connectivity index (χ3v) is 2.88. The molecule has 1 saturated carbocycles. The summed E-state index contributed by atoms with van der Waals surface area (Å²) in [5, 5.41) is 0. The third kappa shape index (κ3) is 1.26. The van der Waals surface area contributed by atoms with Gasteiger partial charge in [-0.25, -0.2) is 9.66 Å². The third-order valence-electron chi connectivity index (χ3n) is 2.88. The largest absolute Gasteiger partial charge is 0.382 e. The lowest BCUT2D eigenvalue weighted by molar-refractivity contribution is 0.647. The summed E-state index contributed by atoms with van der Waals surface area (Å²) >= 11 is 0. The molecule has 0 saturated heterocycles. The Morgan fingerprint density at radius 3 is 2.46 bits per heavy atom. The van der Waals surface area contributed by atoms with E-state index in [1.54, 1.807) is 4.68 Å². The van der Waals surface area contributed by atoms with Crippen molar-refractivity contribution in [2.45, 2.75) is 38.5 Å². The number of rotatable bonds is 1. The molecule has 1 aromatic heterocycles. The Morgan fingerprint density at radius 1 is 1.38 bits per heavy atom. The lowest BCUT2D eigenvalue weighted by Crippen LogP contribution is -2.17. The molecule has 13 heavy (non-hydrogen) atoms. The maximum atomic E-state index is 5.81. The quantitative estimate of drug-likeness (QED) is 0.637. The number of hydrogen-bond acceptors (Lipinski definition) is 3. The molecule has 0 aromatic carbocycles. The topological polar surface area (TPSA) is 69.9 Å². The van der Waals surface area contributed by atoms with Gasteiger partial charge in [0.2, 0.25) is 0 Å². The smallest absolute Gasteiger partial charge is 0.145 e. The van der Waals surface area contributed by atoms with Gasteiger partial charge < -0.3 is 11.6 Å². The van der Waals surface area contributed by atoms with Crippen LogP contribution in [0.2, 0.25) is 0 Å². The highest BCUT2D eigenvalue weighted by Gasteiger charge is 2.23. The molecular weight excluding hydrogens is 164 g/mol. The van der Waals surface area contributed by atoms with Gasteiger partial charge in [-0.05, 0) is 19.8 Å². The van der Waals surface area contributed by atoms with Crippen LogP contribution in [-0.4, -0.2) is 9.66 Å². The number of nitrogen functional groups attached to an aromatic ring is 2. The van der Waals surface area contributed by atoms with Crippen molar-refractivity contribution in [2.24, 2.45) is 0 Å². The van der Waals surface area contributed by atoms with Gasteiger partial charge in [0.15, 0.2) is 0 Å². The Morgan fingerprint density at radius 2 is 2.00 bits per heavy atom. The molecule has 1 aliphatic rings. The van der Waals surface area contributed by atoms with E-state index in [4.69, 9.17) is 11.6 Å². The van der Waals surface area contributed by atoms with E-state index in [9.17, 15) is 0 Å². The molecule has 72 valence electrons. The highest BCUT2D eigenvalue weighted by atomic mass is 15.4. The van der Waals surface area contributed by atoms with Gasteiger partial charge in [-0.15, -0.1) is 0 Å². The van der Waals surface area contributed by atoms with Crippen LogP contribution in [0.1, 0.15) is 43.1 Å². The Labute approximate surface area is 77.9 Å². The number of nitrogens with zero attached hydrogens (tertiary/aromatic N) is 2. The van der Waals surface area contributed by atoms with Gasteiger partial charge in [0.25, 0.3) is 0 Å². The Kier molecular flexibility index (Phi) is 1.90. The SMILES string of the molecule is Cc1nc(C2CCCC2)n(N)c1N. The van der Waals surface area contributed by atoms with E-state index in [-0.39, 0.29) is 0 Å². The van der Waals surface area contributed by atoms with E-state index in [1.807, 2.05) is 6.92 Å². The second-order valence-corrected chi connectivity index (χ2v) is 3.79. The molecule has 4 heteroatoms. The average Bonchev–Trinajstić information content (AvgIpc) is 2.70. The number of anilines is 1. The molecule has 0 spiro atoms. The minimum absolute atomic E-state index is 0.529. The van der Waals surface area contributed by atoms with Crippen molar-refractivity contribution >= 4 is 5.82 Å². The van der Waals surface area contributed by atoms with Crippen LogP contribution in [-0.2, 0) is 0 Å². The fourth-order valence-electron chi connectivity index (χ4n) is 2.05. The molecule has 0 atom stereocenters. The summed E-state index contributed by atoms with van der Waals surface area (Å²) in [6.45, 7) is 1.90. The van der Waals surface area contributed by atoms with E-state index in [1.165, 1.54) is 25.7 Å². The van der Waals surface area contributed by atoms with Crippen molar-refractivity contribution in [3.63, 3.8) is 0 Å². The van der Waals surface area contributed by atoms with Crippen LogP contribution < -0.4 is 11.6 Å². The molecule has 0 bridgehead atoms. The van der Waals surface area contributed by atoms with Crippen LogP contribution in [0.3, 0.4) is 0 Å². The fourth-order valence-corrected chi connectivity index (χ4v) is 2.05. The van der Waals surface area contributed by atoms with Gasteiger partial charge in [0.1, 0.15) is 11.6 Å². The standard InChI is InChI=1S/C9H16N4/c1-6-8(10)13(11)9(12-6)7-4-2-3-5-7/h7H,2-5,10-11H2,1H3. The Bertz CT molecular complexity index is 310. The van der Waals surface area contributed by atoms with Crippen LogP contribution >= 0.6 is 0 Å². The van der Waals surface area contributed by atoms with E-state index in [2.05, 4.69) is 4.98 Å². The normalized spacial score (nSPS) is 18.2. The number of imidazole rings is 1. The molecule has 2 rings (SSSR count). The minimum Gasteiger partial charge on any atom is -0.382 e. The molecule has 1 fully saturated rings. The van der Waals surface area contributed by atoms with Crippen LogP contribution in [0.5, 0.6) is 0 Å². The predicted octanol–water partition coefficient (Wildman–Crippen LogP) is 1.15. The maximum absolute atomic E-state index is 5.81. The summed E-state index contributed by atoms with van der Waals surface area (Å²) in [6, 6.07) is 0. The molecule has 1 aromatic rings. The monoisotopic (exact) mass is 180 g/mol. The fraction of sp³-hybridized carbons (Fsp3) is 0.667. The van der Waals surface area contributed by atoms with Crippen molar-refractivity contribution in [1.82, 2.24) is 9.66 Å². The lowest BCUT2D eigenvalue weighted by atomic mass is 10.1. The van der Waals surface area contributed by atoms with Gasteiger partial charge in [-0.2, -0.15) is 0 Å². The van der Waals surface area contributed by atoms with E-state index >= 15 is 0 Å².